The van der Waals surface area contributed by atoms with Crippen LogP contribution in [0.15, 0.2) is 24.3 Å². The smallest absolute Gasteiger partial charge is 0.338 e. The van der Waals surface area contributed by atoms with Crippen molar-refractivity contribution >= 4 is 43.7 Å². The van der Waals surface area contributed by atoms with Crippen LogP contribution in [0.3, 0.4) is 0 Å². The molecule has 1 aromatic carbocycles. The number of rotatable bonds is 2. The summed E-state index contributed by atoms with van der Waals surface area (Å²) in [4.78, 5) is 11.1. The van der Waals surface area contributed by atoms with Crippen LogP contribution >= 0.6 is 0 Å². The van der Waals surface area contributed by atoms with E-state index in [1.165, 1.54) is 24.3 Å². The van der Waals surface area contributed by atoms with E-state index in [1.54, 1.807) is 6.92 Å². The number of hydrogen-bond acceptors (Lipinski definition) is 3. The predicted octanol–water partition coefficient (Wildman–Crippen LogP) is 1.19. The average molecular weight is 206 g/mol. The first-order chi connectivity index (χ1) is 5.74. The second kappa shape index (κ2) is 6.24. The molecule has 0 atom stereocenters. The van der Waals surface area contributed by atoms with Crippen LogP contribution in [-0.2, 0) is 4.74 Å². The molecule has 1 aromatic rings. The Labute approximate surface area is 107 Å². The fraction of sp³-hybridized carbons (Fsp3) is 0.222. The first kappa shape index (κ1) is 12.7. The molecule has 0 saturated carbocycles. The molecule has 0 aliphatic carbocycles. The fourth-order valence-electron chi connectivity index (χ4n) is 0.812. The van der Waals surface area contributed by atoms with Gasteiger partial charge in [0, 0.05) is 37.7 Å². The summed E-state index contributed by atoms with van der Waals surface area (Å²) in [5.74, 6) is -0.222. The molecule has 0 spiro atoms. The van der Waals surface area contributed by atoms with Crippen molar-refractivity contribution in [3.8, 4) is 5.75 Å². The number of hydrogen-bond donors (Lipinski definition) is 1. The van der Waals surface area contributed by atoms with Crippen molar-refractivity contribution in [3.05, 3.63) is 29.8 Å². The van der Waals surface area contributed by atoms with Crippen LogP contribution < -0.4 is 0 Å². The number of esters is 1. The molecule has 0 amide bonds. The number of aromatic hydroxyl groups is 1. The van der Waals surface area contributed by atoms with Gasteiger partial charge in [-0.25, -0.2) is 4.79 Å². The maximum atomic E-state index is 11.1. The number of phenolic OH excluding ortho intramolecular Hbond substituents is 1. The minimum atomic E-state index is -0.363. The zero-order valence-corrected chi connectivity index (χ0v) is 9.70. The maximum absolute atomic E-state index is 11.1. The van der Waals surface area contributed by atoms with E-state index in [2.05, 4.69) is 0 Å². The van der Waals surface area contributed by atoms with E-state index in [0.29, 0.717) is 12.2 Å². The van der Waals surface area contributed by atoms with Crippen molar-refractivity contribution in [1.82, 2.24) is 0 Å². The molecule has 0 aliphatic heterocycles. The monoisotopic (exact) mass is 206 g/mol. The van der Waals surface area contributed by atoms with Gasteiger partial charge in [0.05, 0.1) is 12.2 Å². The zero-order chi connectivity index (χ0) is 8.97. The molecule has 1 rings (SSSR count). The molecule has 0 aromatic heterocycles. The van der Waals surface area contributed by atoms with Gasteiger partial charge >= 0.3 is 5.97 Å². The molecule has 0 heterocycles. The van der Waals surface area contributed by atoms with Gasteiger partial charge in [-0.15, -0.1) is 0 Å². The number of ether oxygens (including phenoxy) is 1. The van der Waals surface area contributed by atoms with Crippen LogP contribution in [0.5, 0.6) is 5.75 Å². The zero-order valence-electron chi connectivity index (χ0n) is 7.49. The molecule has 66 valence electrons. The summed E-state index contributed by atoms with van der Waals surface area (Å²) >= 11 is 0. The Balaban J connectivity index is 0.00000144. The Bertz CT molecular complexity index is 269. The van der Waals surface area contributed by atoms with E-state index < -0.39 is 0 Å². The van der Waals surface area contributed by atoms with E-state index >= 15 is 0 Å². The number of carbonyl (C=O) groups excluding carboxylic acids is 1. The van der Waals surface area contributed by atoms with Crippen LogP contribution in [0.1, 0.15) is 17.3 Å². The Kier molecular flexibility index (Phi) is 6.12. The molecular weight excluding hydrogens is 196 g/mol. The van der Waals surface area contributed by atoms with Crippen LogP contribution in [-0.4, -0.2) is 55.4 Å². The van der Waals surface area contributed by atoms with Gasteiger partial charge in [0.15, 0.2) is 0 Å². The Morgan fingerprint density at radius 1 is 1.38 bits per heavy atom. The van der Waals surface area contributed by atoms with E-state index in [9.17, 15) is 4.79 Å². The van der Waals surface area contributed by atoms with Crippen molar-refractivity contribution < 1.29 is 14.6 Å². The minimum absolute atomic E-state index is 0. The summed E-state index contributed by atoms with van der Waals surface area (Å²) in [7, 11) is 0. The van der Waals surface area contributed by atoms with Gasteiger partial charge in [0.2, 0.25) is 0 Å². The van der Waals surface area contributed by atoms with Crippen molar-refractivity contribution in [3.63, 3.8) is 0 Å². The largest absolute Gasteiger partial charge is 0.508 e. The molecule has 0 unspecified atom stereocenters. The molecule has 4 heteroatoms. The molecule has 0 aliphatic rings. The first-order valence-electron chi connectivity index (χ1n) is 3.70. The SMILES string of the molecule is CCOC(=O)c1ccc(O)cc1.[Ca]. The summed E-state index contributed by atoms with van der Waals surface area (Å²) in [6, 6.07) is 5.94. The van der Waals surface area contributed by atoms with Crippen LogP contribution in [0.2, 0.25) is 0 Å². The Morgan fingerprint density at radius 2 is 1.92 bits per heavy atom. The predicted molar refractivity (Wildman–Crippen MR) is 49.8 cm³/mol. The number of benzene rings is 1. The fourth-order valence-corrected chi connectivity index (χ4v) is 0.812. The van der Waals surface area contributed by atoms with Crippen LogP contribution in [0, 0.1) is 0 Å². The first-order valence-corrected chi connectivity index (χ1v) is 3.70. The molecule has 0 bridgehead atoms. The van der Waals surface area contributed by atoms with Crippen LogP contribution in [0.4, 0.5) is 0 Å². The number of carbonyl (C=O) groups is 1. The summed E-state index contributed by atoms with van der Waals surface area (Å²) in [5, 5.41) is 8.92. The molecule has 13 heavy (non-hydrogen) atoms. The van der Waals surface area contributed by atoms with E-state index in [-0.39, 0.29) is 49.5 Å². The number of phenols is 1. The quantitative estimate of drug-likeness (QED) is 0.584. The van der Waals surface area contributed by atoms with Gasteiger partial charge in [0.25, 0.3) is 0 Å². The minimum Gasteiger partial charge on any atom is -0.508 e. The van der Waals surface area contributed by atoms with E-state index in [4.69, 9.17) is 9.84 Å². The van der Waals surface area contributed by atoms with E-state index in [0.717, 1.165) is 0 Å². The maximum Gasteiger partial charge on any atom is 0.338 e. The summed E-state index contributed by atoms with van der Waals surface area (Å²) < 4.78 is 4.75. The van der Waals surface area contributed by atoms with Crippen LogP contribution in [0.25, 0.3) is 0 Å². The molecule has 1 N–H and O–H groups in total. The normalized spacial score (nSPS) is 8.69. The standard InChI is InChI=1S/C9H10O3.Ca/c1-2-12-9(11)7-3-5-8(10)6-4-7;/h3-6,10H,2H2,1H3;. The second-order valence-electron chi connectivity index (χ2n) is 2.27. The van der Waals surface area contributed by atoms with Crippen molar-refractivity contribution in [2.45, 2.75) is 6.92 Å². The summed E-state index contributed by atoms with van der Waals surface area (Å²) in [5.41, 5.74) is 0.453. The van der Waals surface area contributed by atoms with E-state index in [1.807, 2.05) is 0 Å². The molecule has 2 radical (unpaired) electrons. The Morgan fingerprint density at radius 3 is 2.38 bits per heavy atom. The van der Waals surface area contributed by atoms with Gasteiger partial charge < -0.3 is 9.84 Å². The second-order valence-corrected chi connectivity index (χ2v) is 2.27. The third-order valence-electron chi connectivity index (χ3n) is 1.38. The summed E-state index contributed by atoms with van der Waals surface area (Å²) in [6.45, 7) is 2.11. The van der Waals surface area contributed by atoms with Gasteiger partial charge in [-0.1, -0.05) is 0 Å². The molecule has 3 nitrogen and oxygen atoms in total. The average Bonchev–Trinajstić information content (AvgIpc) is 2.06. The topological polar surface area (TPSA) is 46.5 Å². The van der Waals surface area contributed by atoms with Gasteiger partial charge in [0.1, 0.15) is 5.75 Å². The third-order valence-corrected chi connectivity index (χ3v) is 1.38. The summed E-state index contributed by atoms with van der Waals surface area (Å²) in [6.07, 6.45) is 0. The Hall–Kier alpha value is -0.250. The van der Waals surface area contributed by atoms with Gasteiger partial charge in [-0.3, -0.25) is 0 Å². The van der Waals surface area contributed by atoms with Crippen molar-refractivity contribution in [2.75, 3.05) is 6.61 Å². The molecule has 0 fully saturated rings. The van der Waals surface area contributed by atoms with Crippen molar-refractivity contribution in [1.29, 1.82) is 0 Å². The molecular formula is C9H10CaO3. The van der Waals surface area contributed by atoms with Gasteiger partial charge in [-0.05, 0) is 31.2 Å². The third kappa shape index (κ3) is 3.98. The van der Waals surface area contributed by atoms with Crippen molar-refractivity contribution in [2.24, 2.45) is 0 Å². The molecule has 0 saturated heterocycles. The van der Waals surface area contributed by atoms with Gasteiger partial charge in [-0.2, -0.15) is 0 Å².